The van der Waals surface area contributed by atoms with Gasteiger partial charge in [-0.15, -0.1) is 0 Å². The Labute approximate surface area is 403 Å². The van der Waals surface area contributed by atoms with Gasteiger partial charge in [-0.05, 0) is 116 Å². The molecule has 0 fully saturated rings. The molecular weight excluding hydrogens is 837 g/mol. The molecule has 0 unspecified atom stereocenters. The molecule has 0 aliphatic rings. The summed E-state index contributed by atoms with van der Waals surface area (Å²) in [4.78, 5) is 8.30. The maximum Gasteiger partial charge on any atom is 0.0701 e. The smallest absolute Gasteiger partial charge is 0.0701 e. The van der Waals surface area contributed by atoms with Crippen molar-refractivity contribution < 1.29 is 0 Å². The first kappa shape index (κ1) is 44.0. The maximum atomic E-state index is 4.53. The number of fused-ring (bicyclic) bond motifs is 4. The van der Waals surface area contributed by atoms with Crippen molar-refractivity contribution in [1.29, 1.82) is 0 Å². The number of allylic oxidation sites excluding steroid dienone is 3. The zero-order chi connectivity index (χ0) is 47.4. The van der Waals surface area contributed by atoms with Crippen molar-refractivity contribution in [2.75, 3.05) is 7.05 Å². The fourth-order valence-corrected chi connectivity index (χ4v) is 9.81. The lowest BCUT2D eigenvalue weighted by Crippen LogP contribution is -1.94. The molecule has 0 spiro atoms. The number of hydrogen-bond donors (Lipinski definition) is 0. The van der Waals surface area contributed by atoms with Crippen LogP contribution >= 0.6 is 0 Å². The number of aliphatic imine (C=N–C) groups is 1. The SMILES string of the molecule is C=C/C(C)=C\C=NC.C=Cc1c(C=C)n(C)c2ccccc12.c1ccc(-c2ccc(-c3ccc4ccc5c(-c6ccc(-n7c8ccccc8c8ccccc87)cc6)ccc6ccc3c4c65)cc2)nc1. The van der Waals surface area contributed by atoms with Gasteiger partial charge in [0.15, 0.2) is 0 Å². The number of pyridine rings is 1. The third kappa shape index (κ3) is 8.13. The average molecular weight is 889 g/mol. The summed E-state index contributed by atoms with van der Waals surface area (Å²) in [5.74, 6) is 0. The third-order valence-corrected chi connectivity index (χ3v) is 13.2. The van der Waals surface area contributed by atoms with Crippen molar-refractivity contribution in [3.63, 3.8) is 0 Å². The largest absolute Gasteiger partial charge is 0.344 e. The molecule has 4 heteroatoms. The minimum Gasteiger partial charge on any atom is -0.344 e. The summed E-state index contributed by atoms with van der Waals surface area (Å²) in [6, 6.07) is 67.9. The number of aromatic nitrogens is 3. The quantitative estimate of drug-likeness (QED) is 0.0850. The van der Waals surface area contributed by atoms with Crippen molar-refractivity contribution >= 4 is 83.4 Å². The van der Waals surface area contributed by atoms with Crippen LogP contribution in [0.4, 0.5) is 0 Å². The second-order valence-corrected chi connectivity index (χ2v) is 17.2. The van der Waals surface area contributed by atoms with Crippen molar-refractivity contribution in [3.8, 4) is 39.2 Å². The van der Waals surface area contributed by atoms with Crippen molar-refractivity contribution in [2.45, 2.75) is 6.92 Å². The van der Waals surface area contributed by atoms with E-state index in [1.165, 1.54) is 93.0 Å². The Bertz CT molecular complexity index is 3850. The van der Waals surface area contributed by atoms with Crippen molar-refractivity contribution in [3.05, 3.63) is 243 Å². The molecule has 3 aromatic heterocycles. The summed E-state index contributed by atoms with van der Waals surface area (Å²) in [5, 5.41) is 11.6. The summed E-state index contributed by atoms with van der Waals surface area (Å²) in [5.41, 5.74) is 15.3. The lowest BCUT2D eigenvalue weighted by molar-refractivity contribution is 0.953. The van der Waals surface area contributed by atoms with Crippen LogP contribution in [0.3, 0.4) is 0 Å². The lowest BCUT2D eigenvalue weighted by atomic mass is 9.87. The Kier molecular flexibility index (Phi) is 12.2. The molecule has 332 valence electrons. The molecule has 12 rings (SSSR count). The van der Waals surface area contributed by atoms with E-state index in [-0.39, 0.29) is 0 Å². The fourth-order valence-electron chi connectivity index (χ4n) is 9.81. The second kappa shape index (κ2) is 19.2. The monoisotopic (exact) mass is 888 g/mol. The molecule has 3 heterocycles. The maximum absolute atomic E-state index is 4.53. The molecule has 0 saturated carbocycles. The van der Waals surface area contributed by atoms with E-state index in [0.29, 0.717) is 0 Å². The summed E-state index contributed by atoms with van der Waals surface area (Å²) in [6.07, 6.45) is 11.1. The summed E-state index contributed by atoms with van der Waals surface area (Å²) >= 11 is 0. The van der Waals surface area contributed by atoms with E-state index in [9.17, 15) is 0 Å². The van der Waals surface area contributed by atoms with Gasteiger partial charge in [-0.25, -0.2) is 0 Å². The molecule has 0 amide bonds. The number of para-hydroxylation sites is 3. The van der Waals surface area contributed by atoms with Gasteiger partial charge in [0.25, 0.3) is 0 Å². The summed E-state index contributed by atoms with van der Waals surface area (Å²) < 4.78 is 4.52. The van der Waals surface area contributed by atoms with Gasteiger partial charge >= 0.3 is 0 Å². The van der Waals surface area contributed by atoms with Gasteiger partial charge in [0.05, 0.1) is 16.7 Å². The van der Waals surface area contributed by atoms with E-state index in [1.807, 2.05) is 62.7 Å². The molecule has 0 aliphatic heterocycles. The first-order chi connectivity index (χ1) is 33.9. The highest BCUT2D eigenvalue weighted by Gasteiger charge is 2.17. The van der Waals surface area contributed by atoms with Crippen LogP contribution in [-0.2, 0) is 7.05 Å². The Morgan fingerprint density at radius 2 is 1.01 bits per heavy atom. The molecule has 12 aromatic rings. The van der Waals surface area contributed by atoms with Crippen LogP contribution in [0.1, 0.15) is 18.2 Å². The number of nitrogens with zero attached hydrogens (tertiary/aromatic N) is 4. The molecule has 0 saturated heterocycles. The molecule has 0 aliphatic carbocycles. The van der Waals surface area contributed by atoms with E-state index < -0.39 is 0 Å². The third-order valence-electron chi connectivity index (χ3n) is 13.2. The lowest BCUT2D eigenvalue weighted by Gasteiger charge is -2.17. The zero-order valence-corrected chi connectivity index (χ0v) is 39.3. The van der Waals surface area contributed by atoms with Crippen LogP contribution in [-0.4, -0.2) is 27.4 Å². The minimum atomic E-state index is 0.991. The van der Waals surface area contributed by atoms with Crippen LogP contribution in [0.5, 0.6) is 0 Å². The van der Waals surface area contributed by atoms with Crippen LogP contribution in [0.2, 0.25) is 0 Å². The Morgan fingerprint density at radius 1 is 0.507 bits per heavy atom. The number of rotatable bonds is 8. The Morgan fingerprint density at radius 3 is 1.54 bits per heavy atom. The zero-order valence-electron chi connectivity index (χ0n) is 39.3. The van der Waals surface area contributed by atoms with Crippen LogP contribution < -0.4 is 0 Å². The standard InChI is InChI=1S/C45H28N2.C13H13N.C7H11N/c1-3-10-42-37(7-1)38-8-2-4-11-43(38)47(42)34-22-16-30(17-23-34)36-25-19-33-20-26-39-35(24-18-32-21-27-40(36)45(33)44(32)39)29-12-14-31(15-13-29)41-9-5-6-28-46-41;1-4-10-11-8-6-7-9-13(11)14(3)12(10)5-2;1-4-7(2)5-6-8-3/h1-28H;4-9H,1-2H2,3H3;4-6H,1H2,2-3H3/b;;7-5-,8-6?. The average Bonchev–Trinajstić information content (AvgIpc) is 3.90. The van der Waals surface area contributed by atoms with Crippen molar-refractivity contribution in [2.24, 2.45) is 12.0 Å². The number of benzene rings is 9. The highest BCUT2D eigenvalue weighted by atomic mass is 15.0. The fraction of sp³-hybridized carbons (Fsp3) is 0.0462. The van der Waals surface area contributed by atoms with Gasteiger partial charge in [0.1, 0.15) is 0 Å². The van der Waals surface area contributed by atoms with Gasteiger partial charge in [0, 0.05) is 70.7 Å². The van der Waals surface area contributed by atoms with Gasteiger partial charge in [0.2, 0.25) is 0 Å². The predicted molar refractivity (Wildman–Crippen MR) is 300 cm³/mol. The molecule has 4 nitrogen and oxygen atoms in total. The molecule has 9 aromatic carbocycles. The van der Waals surface area contributed by atoms with Gasteiger partial charge in [-0.1, -0.05) is 183 Å². The predicted octanol–water partition coefficient (Wildman–Crippen LogP) is 17.4. The number of hydrogen-bond acceptors (Lipinski definition) is 2. The van der Waals surface area contributed by atoms with Gasteiger partial charge in [-0.2, -0.15) is 0 Å². The molecule has 69 heavy (non-hydrogen) atoms. The first-order valence-electron chi connectivity index (χ1n) is 23.3. The van der Waals surface area contributed by atoms with Gasteiger partial charge < -0.3 is 9.13 Å². The molecule has 0 radical (unpaired) electrons. The second-order valence-electron chi connectivity index (χ2n) is 17.2. The van der Waals surface area contributed by atoms with Crippen molar-refractivity contribution in [1.82, 2.24) is 14.1 Å². The topological polar surface area (TPSA) is 35.1 Å². The van der Waals surface area contributed by atoms with Crippen LogP contribution in [0.25, 0.3) is 116 Å². The van der Waals surface area contributed by atoms with E-state index in [0.717, 1.165) is 28.1 Å². The Balaban J connectivity index is 0.000000208. The van der Waals surface area contributed by atoms with E-state index in [4.69, 9.17) is 0 Å². The summed E-state index contributed by atoms with van der Waals surface area (Å²) in [7, 11) is 3.79. The van der Waals surface area contributed by atoms with E-state index >= 15 is 0 Å². The normalized spacial score (nSPS) is 11.6. The highest BCUT2D eigenvalue weighted by molar-refractivity contribution is 6.27. The Hall–Kier alpha value is -8.86. The van der Waals surface area contributed by atoms with Gasteiger partial charge in [-0.3, -0.25) is 9.98 Å². The molecule has 0 atom stereocenters. The molecule has 0 N–H and O–H groups in total. The van der Waals surface area contributed by atoms with E-state index in [2.05, 4.69) is 203 Å². The molecular formula is C65H52N4. The highest BCUT2D eigenvalue weighted by Crippen LogP contribution is 2.43. The summed E-state index contributed by atoms with van der Waals surface area (Å²) in [6.45, 7) is 13.2. The minimum absolute atomic E-state index is 0.991. The first-order valence-corrected chi connectivity index (χ1v) is 23.3. The van der Waals surface area contributed by atoms with E-state index in [1.54, 1.807) is 19.3 Å². The van der Waals surface area contributed by atoms with Crippen LogP contribution in [0.15, 0.2) is 237 Å². The molecule has 0 bridgehead atoms. The van der Waals surface area contributed by atoms with Crippen LogP contribution in [0, 0.1) is 0 Å². The number of aryl methyl sites for hydroxylation is 1.